The maximum absolute atomic E-state index is 4.40. The molecule has 0 fully saturated rings. The Labute approximate surface area is 113 Å². The molecule has 0 aliphatic heterocycles. The van der Waals surface area contributed by atoms with Crippen LogP contribution in [0.3, 0.4) is 0 Å². The van der Waals surface area contributed by atoms with Crippen LogP contribution >= 0.6 is 0 Å². The van der Waals surface area contributed by atoms with E-state index < -0.39 is 14.4 Å². The number of pyridine rings is 2. The molecule has 2 heterocycles. The minimum atomic E-state index is -0.872. The first-order valence-electron chi connectivity index (χ1n) is 6.29. The number of hydrogen-bond acceptors (Lipinski definition) is 3. The van der Waals surface area contributed by atoms with Gasteiger partial charge in [0.25, 0.3) is 0 Å². The quantitative estimate of drug-likeness (QED) is 0.769. The van der Waals surface area contributed by atoms with Crippen LogP contribution in [0.5, 0.6) is 0 Å². The Morgan fingerprint density at radius 3 is 1.72 bits per heavy atom. The molecule has 2 rings (SSSR count). The van der Waals surface area contributed by atoms with Gasteiger partial charge in [-0.2, -0.15) is 0 Å². The van der Waals surface area contributed by atoms with E-state index in [-0.39, 0.29) is 0 Å². The van der Waals surface area contributed by atoms with E-state index >= 15 is 0 Å². The second-order valence-corrected chi connectivity index (χ2v) is 7.56. The van der Waals surface area contributed by atoms with Gasteiger partial charge in [-0.3, -0.25) is 9.97 Å². The number of rotatable bonds is 5. The molecule has 0 spiro atoms. The minimum absolute atomic E-state index is 0.872. The van der Waals surface area contributed by atoms with E-state index in [9.17, 15) is 0 Å². The fourth-order valence-electron chi connectivity index (χ4n) is 1.82. The first kappa shape index (κ1) is 13.2. The van der Waals surface area contributed by atoms with Crippen molar-refractivity contribution < 1.29 is 0 Å². The molecule has 0 aliphatic carbocycles. The van der Waals surface area contributed by atoms with Gasteiger partial charge in [0.05, 0.1) is 11.4 Å². The molecule has 2 aromatic heterocycles. The summed E-state index contributed by atoms with van der Waals surface area (Å²) in [6.45, 7) is 1.84. The molecule has 0 aromatic carbocycles. The van der Waals surface area contributed by atoms with Gasteiger partial charge >= 0.3 is 14.4 Å². The fraction of sp³-hybridized carbons (Fsp3) is 0.286. The molecular weight excluding hydrogens is 237 g/mol. The topological polar surface area (TPSA) is 29.0 Å². The Hall–Kier alpha value is -1.21. The SMILES string of the molecule is [CH3][Al]([CH3])[N](Cc1ccccn1)Cc1ccccn1. The van der Waals surface area contributed by atoms with Crippen molar-refractivity contribution in [1.29, 1.82) is 0 Å². The van der Waals surface area contributed by atoms with Crippen molar-refractivity contribution in [2.75, 3.05) is 0 Å². The second kappa shape index (κ2) is 6.65. The van der Waals surface area contributed by atoms with Crippen LogP contribution in [0.15, 0.2) is 48.8 Å². The molecule has 0 radical (unpaired) electrons. The molecule has 0 amide bonds. The molecule has 4 heteroatoms. The molecule has 3 nitrogen and oxygen atoms in total. The normalized spacial score (nSPS) is 10.6. The molecule has 0 bridgehead atoms. The number of hydrogen-bond donors (Lipinski definition) is 0. The zero-order valence-electron chi connectivity index (χ0n) is 11.0. The average Bonchev–Trinajstić information content (AvgIpc) is 2.40. The van der Waals surface area contributed by atoms with E-state index in [0.29, 0.717) is 0 Å². The highest BCUT2D eigenvalue weighted by molar-refractivity contribution is 6.52. The highest BCUT2D eigenvalue weighted by Crippen LogP contribution is 2.08. The van der Waals surface area contributed by atoms with Crippen molar-refractivity contribution in [1.82, 2.24) is 13.9 Å². The molecule has 2 aromatic rings. The predicted octanol–water partition coefficient (Wildman–Crippen LogP) is 2.73. The Morgan fingerprint density at radius 1 is 0.889 bits per heavy atom. The predicted molar refractivity (Wildman–Crippen MR) is 75.2 cm³/mol. The van der Waals surface area contributed by atoms with Crippen LogP contribution in [0, 0.1) is 0 Å². The van der Waals surface area contributed by atoms with E-state index in [0.717, 1.165) is 24.5 Å². The minimum Gasteiger partial charge on any atom is -0.375 e. The summed E-state index contributed by atoms with van der Waals surface area (Å²) < 4.78 is 2.50. The molecule has 0 N–H and O–H groups in total. The van der Waals surface area contributed by atoms with Crippen molar-refractivity contribution in [3.05, 3.63) is 60.2 Å². The van der Waals surface area contributed by atoms with Gasteiger partial charge in [0, 0.05) is 25.5 Å². The van der Waals surface area contributed by atoms with E-state index in [1.165, 1.54) is 0 Å². The lowest BCUT2D eigenvalue weighted by Gasteiger charge is -2.23. The van der Waals surface area contributed by atoms with E-state index in [4.69, 9.17) is 0 Å². The van der Waals surface area contributed by atoms with E-state index in [1.54, 1.807) is 0 Å². The van der Waals surface area contributed by atoms with E-state index in [1.807, 2.05) is 36.7 Å². The Bertz CT molecular complexity index is 417. The van der Waals surface area contributed by atoms with Crippen LogP contribution in [0.2, 0.25) is 11.6 Å². The van der Waals surface area contributed by atoms with Gasteiger partial charge in [-0.15, -0.1) is 0 Å². The summed E-state index contributed by atoms with van der Waals surface area (Å²) in [4.78, 5) is 8.81. The first-order valence-corrected chi connectivity index (χ1v) is 9.12. The van der Waals surface area contributed by atoms with Crippen molar-refractivity contribution in [2.45, 2.75) is 24.7 Å². The van der Waals surface area contributed by atoms with Gasteiger partial charge in [0.15, 0.2) is 0 Å². The third kappa shape index (κ3) is 3.92. The number of aromatic nitrogens is 2. The molecule has 92 valence electrons. The Morgan fingerprint density at radius 2 is 1.39 bits per heavy atom. The summed E-state index contributed by atoms with van der Waals surface area (Å²) in [5.74, 6) is 4.68. The van der Waals surface area contributed by atoms with Crippen LogP contribution in [0.4, 0.5) is 0 Å². The lowest BCUT2D eigenvalue weighted by molar-refractivity contribution is 0.412. The average molecular weight is 255 g/mol. The lowest BCUT2D eigenvalue weighted by atomic mass is 10.3. The summed E-state index contributed by atoms with van der Waals surface area (Å²) in [6.07, 6.45) is 3.71. The third-order valence-corrected chi connectivity index (χ3v) is 4.74. The fourth-order valence-corrected chi connectivity index (χ4v) is 2.92. The molecule has 0 saturated carbocycles. The molecule has 0 atom stereocenters. The van der Waals surface area contributed by atoms with Crippen molar-refractivity contribution in [2.24, 2.45) is 0 Å². The monoisotopic (exact) mass is 255 g/mol. The van der Waals surface area contributed by atoms with Crippen LogP contribution in [-0.4, -0.2) is 28.2 Å². The highest BCUT2D eigenvalue weighted by atomic mass is 27.2. The maximum atomic E-state index is 4.40. The lowest BCUT2D eigenvalue weighted by Crippen LogP contribution is -2.34. The van der Waals surface area contributed by atoms with Gasteiger partial charge < -0.3 is 3.88 Å². The largest absolute Gasteiger partial charge is 0.375 e. The van der Waals surface area contributed by atoms with Gasteiger partial charge in [-0.05, 0) is 24.3 Å². The maximum Gasteiger partial charge on any atom is 0.366 e. The standard InChI is InChI=1S/C12H12N3.2CH3.Al/c1-3-7-14-11(5-1)9-13-10-12-6-2-4-8-15-12;;;/h1-8H,9-10H2;2*1H3;/q-1;;;+1. The third-order valence-electron chi connectivity index (χ3n) is 2.91. The Kier molecular flexibility index (Phi) is 4.89. The van der Waals surface area contributed by atoms with Crippen LogP contribution in [0.1, 0.15) is 11.4 Å². The molecular formula is C14H18AlN3. The first-order chi connectivity index (χ1) is 8.75. The second-order valence-electron chi connectivity index (χ2n) is 4.64. The van der Waals surface area contributed by atoms with Crippen molar-refractivity contribution in [3.63, 3.8) is 0 Å². The summed E-state index contributed by atoms with van der Waals surface area (Å²) >= 11 is -0.872. The van der Waals surface area contributed by atoms with Crippen LogP contribution < -0.4 is 0 Å². The van der Waals surface area contributed by atoms with Gasteiger partial charge in [-0.25, -0.2) is 0 Å². The molecule has 18 heavy (non-hydrogen) atoms. The van der Waals surface area contributed by atoms with Gasteiger partial charge in [-0.1, -0.05) is 23.7 Å². The molecule has 0 unspecified atom stereocenters. The summed E-state index contributed by atoms with van der Waals surface area (Å²) in [7, 11) is 0. The zero-order chi connectivity index (χ0) is 12.8. The van der Waals surface area contributed by atoms with Crippen LogP contribution in [0.25, 0.3) is 0 Å². The van der Waals surface area contributed by atoms with Gasteiger partial charge in [0.2, 0.25) is 0 Å². The zero-order valence-corrected chi connectivity index (χ0v) is 12.1. The smallest absolute Gasteiger partial charge is 0.366 e. The highest BCUT2D eigenvalue weighted by Gasteiger charge is 2.16. The molecule has 0 aliphatic rings. The Balaban J connectivity index is 2.05. The van der Waals surface area contributed by atoms with Crippen molar-refractivity contribution >= 4 is 14.4 Å². The van der Waals surface area contributed by atoms with E-state index in [2.05, 4.69) is 37.6 Å². The summed E-state index contributed by atoms with van der Waals surface area (Å²) in [6, 6.07) is 12.2. The summed E-state index contributed by atoms with van der Waals surface area (Å²) in [5, 5.41) is 0. The van der Waals surface area contributed by atoms with Gasteiger partial charge in [0.1, 0.15) is 0 Å². The van der Waals surface area contributed by atoms with Crippen LogP contribution in [-0.2, 0) is 13.1 Å². The molecule has 0 saturated heterocycles. The van der Waals surface area contributed by atoms with Crippen molar-refractivity contribution in [3.8, 4) is 0 Å². The summed E-state index contributed by atoms with van der Waals surface area (Å²) in [5.41, 5.74) is 2.27. The number of nitrogens with zero attached hydrogens (tertiary/aromatic N) is 3.